The van der Waals surface area contributed by atoms with Crippen molar-refractivity contribution in [2.24, 2.45) is 5.92 Å². The maximum atomic E-state index is 9.30. The van der Waals surface area contributed by atoms with Crippen LogP contribution in [0.5, 0.6) is 0 Å². The van der Waals surface area contributed by atoms with E-state index in [9.17, 15) is 5.11 Å². The highest BCUT2D eigenvalue weighted by Gasteiger charge is 2.29. The van der Waals surface area contributed by atoms with Crippen LogP contribution in [-0.4, -0.2) is 45.3 Å². The van der Waals surface area contributed by atoms with Crippen LogP contribution >= 0.6 is 0 Å². The Morgan fingerprint density at radius 3 is 3.00 bits per heavy atom. The zero-order valence-corrected chi connectivity index (χ0v) is 9.21. The van der Waals surface area contributed by atoms with Crippen molar-refractivity contribution in [3.63, 3.8) is 0 Å². The zero-order valence-electron chi connectivity index (χ0n) is 9.21. The monoisotopic (exact) mass is 209 g/mol. The number of aliphatic hydroxyl groups excluding tert-OH is 1. The van der Waals surface area contributed by atoms with Crippen molar-refractivity contribution in [3.05, 3.63) is 18.7 Å². The standard InChI is InChI=1S/C11H19N3O/c1-10-2-4-14(11(10)8-15)7-6-13-5-3-12-9-13/h3,5,9-11,15H,2,4,6-8H2,1H3. The fraction of sp³-hybridized carbons (Fsp3) is 0.727. The van der Waals surface area contributed by atoms with E-state index in [0.717, 1.165) is 19.6 Å². The first-order valence-electron chi connectivity index (χ1n) is 5.62. The van der Waals surface area contributed by atoms with Gasteiger partial charge < -0.3 is 9.67 Å². The summed E-state index contributed by atoms with van der Waals surface area (Å²) in [5.74, 6) is 0.623. The average Bonchev–Trinajstić information content (AvgIpc) is 2.84. The Balaban J connectivity index is 1.84. The molecule has 4 nitrogen and oxygen atoms in total. The van der Waals surface area contributed by atoms with Crippen LogP contribution < -0.4 is 0 Å². The molecule has 0 bridgehead atoms. The van der Waals surface area contributed by atoms with Gasteiger partial charge in [-0.3, -0.25) is 4.90 Å². The van der Waals surface area contributed by atoms with Gasteiger partial charge in [-0.05, 0) is 18.9 Å². The Labute approximate surface area is 90.5 Å². The van der Waals surface area contributed by atoms with Crippen LogP contribution in [0.1, 0.15) is 13.3 Å². The summed E-state index contributed by atoms with van der Waals surface area (Å²) in [5.41, 5.74) is 0. The summed E-state index contributed by atoms with van der Waals surface area (Å²) < 4.78 is 2.08. The molecule has 1 aromatic rings. The molecule has 1 fully saturated rings. The number of nitrogens with zero attached hydrogens (tertiary/aromatic N) is 3. The highest BCUT2D eigenvalue weighted by molar-refractivity contribution is 4.84. The maximum Gasteiger partial charge on any atom is 0.0946 e. The van der Waals surface area contributed by atoms with Crippen LogP contribution in [0.4, 0.5) is 0 Å². The lowest BCUT2D eigenvalue weighted by atomic mass is 10.0. The smallest absolute Gasteiger partial charge is 0.0946 e. The van der Waals surface area contributed by atoms with Crippen LogP contribution in [-0.2, 0) is 6.54 Å². The highest BCUT2D eigenvalue weighted by atomic mass is 16.3. The van der Waals surface area contributed by atoms with Crippen molar-refractivity contribution in [2.75, 3.05) is 19.7 Å². The summed E-state index contributed by atoms with van der Waals surface area (Å²) >= 11 is 0. The Hall–Kier alpha value is -0.870. The molecular weight excluding hydrogens is 190 g/mol. The SMILES string of the molecule is CC1CCN(CCn2ccnc2)C1CO. The van der Waals surface area contributed by atoms with Gasteiger partial charge in [-0.2, -0.15) is 0 Å². The van der Waals surface area contributed by atoms with Crippen molar-refractivity contribution in [2.45, 2.75) is 25.9 Å². The molecular formula is C11H19N3O. The van der Waals surface area contributed by atoms with E-state index in [2.05, 4.69) is 21.4 Å². The third-order valence-electron chi connectivity index (χ3n) is 3.39. The van der Waals surface area contributed by atoms with E-state index in [1.807, 2.05) is 12.5 Å². The molecule has 2 atom stereocenters. The van der Waals surface area contributed by atoms with Crippen molar-refractivity contribution in [1.29, 1.82) is 0 Å². The van der Waals surface area contributed by atoms with Gasteiger partial charge in [-0.15, -0.1) is 0 Å². The lowest BCUT2D eigenvalue weighted by molar-refractivity contribution is 0.136. The summed E-state index contributed by atoms with van der Waals surface area (Å²) in [6.07, 6.45) is 6.83. The predicted molar refractivity (Wildman–Crippen MR) is 58.5 cm³/mol. The number of likely N-dealkylation sites (tertiary alicyclic amines) is 1. The molecule has 2 rings (SSSR count). The molecule has 1 N–H and O–H groups in total. The molecule has 0 amide bonds. The average molecular weight is 209 g/mol. The summed E-state index contributed by atoms with van der Waals surface area (Å²) in [6, 6.07) is 0.355. The minimum Gasteiger partial charge on any atom is -0.395 e. The first kappa shape index (κ1) is 10.6. The van der Waals surface area contributed by atoms with E-state index >= 15 is 0 Å². The van der Waals surface area contributed by atoms with Crippen molar-refractivity contribution >= 4 is 0 Å². The summed E-state index contributed by atoms with van der Waals surface area (Å²) in [7, 11) is 0. The fourth-order valence-corrected chi connectivity index (χ4v) is 2.32. The Bertz CT molecular complexity index is 286. The number of aliphatic hydroxyl groups is 1. The molecule has 0 saturated carbocycles. The van der Waals surface area contributed by atoms with Gasteiger partial charge >= 0.3 is 0 Å². The molecule has 1 aliphatic heterocycles. The van der Waals surface area contributed by atoms with E-state index in [1.54, 1.807) is 6.20 Å². The van der Waals surface area contributed by atoms with Gasteiger partial charge in [0.2, 0.25) is 0 Å². The summed E-state index contributed by atoms with van der Waals surface area (Å²) in [6.45, 7) is 5.58. The van der Waals surface area contributed by atoms with Crippen molar-refractivity contribution in [3.8, 4) is 0 Å². The quantitative estimate of drug-likeness (QED) is 0.789. The predicted octanol–water partition coefficient (Wildman–Crippen LogP) is 0.586. The normalized spacial score (nSPS) is 27.3. The second-order valence-corrected chi connectivity index (χ2v) is 4.35. The lowest BCUT2D eigenvalue weighted by Gasteiger charge is -2.24. The van der Waals surface area contributed by atoms with Gasteiger partial charge in [0.05, 0.1) is 12.9 Å². The number of imidazole rings is 1. The number of aromatic nitrogens is 2. The van der Waals surface area contributed by atoms with Crippen LogP contribution in [0, 0.1) is 5.92 Å². The molecule has 2 heterocycles. The molecule has 2 unspecified atom stereocenters. The molecule has 84 valence electrons. The first-order valence-corrected chi connectivity index (χ1v) is 5.62. The molecule has 0 radical (unpaired) electrons. The number of hydrogen-bond donors (Lipinski definition) is 1. The van der Waals surface area contributed by atoms with E-state index in [-0.39, 0.29) is 6.61 Å². The molecule has 0 aromatic carbocycles. The zero-order chi connectivity index (χ0) is 10.7. The molecule has 1 saturated heterocycles. The minimum atomic E-state index is 0.283. The van der Waals surface area contributed by atoms with Crippen LogP contribution in [0.2, 0.25) is 0 Å². The Morgan fingerprint density at radius 1 is 1.47 bits per heavy atom. The topological polar surface area (TPSA) is 41.3 Å². The van der Waals surface area contributed by atoms with Crippen LogP contribution in [0.3, 0.4) is 0 Å². The number of hydrogen-bond acceptors (Lipinski definition) is 3. The molecule has 4 heteroatoms. The summed E-state index contributed by atoms with van der Waals surface area (Å²) in [4.78, 5) is 6.40. The van der Waals surface area contributed by atoms with E-state index < -0.39 is 0 Å². The van der Waals surface area contributed by atoms with Gasteiger partial charge in [-0.25, -0.2) is 4.98 Å². The summed E-state index contributed by atoms with van der Waals surface area (Å²) in [5, 5.41) is 9.30. The highest BCUT2D eigenvalue weighted by Crippen LogP contribution is 2.22. The van der Waals surface area contributed by atoms with Gasteiger partial charge in [0.25, 0.3) is 0 Å². The first-order chi connectivity index (χ1) is 7.31. The van der Waals surface area contributed by atoms with Crippen molar-refractivity contribution in [1.82, 2.24) is 14.5 Å². The molecule has 1 aromatic heterocycles. The molecule has 0 aliphatic carbocycles. The molecule has 0 spiro atoms. The van der Waals surface area contributed by atoms with Gasteiger partial charge in [0, 0.05) is 31.5 Å². The van der Waals surface area contributed by atoms with Gasteiger partial charge in [0.1, 0.15) is 0 Å². The minimum absolute atomic E-state index is 0.283. The second kappa shape index (κ2) is 4.77. The van der Waals surface area contributed by atoms with E-state index in [0.29, 0.717) is 12.0 Å². The molecule has 1 aliphatic rings. The van der Waals surface area contributed by atoms with Crippen LogP contribution in [0.15, 0.2) is 18.7 Å². The largest absolute Gasteiger partial charge is 0.395 e. The Morgan fingerprint density at radius 2 is 2.33 bits per heavy atom. The Kier molecular flexibility index (Phi) is 3.38. The maximum absolute atomic E-state index is 9.30. The third kappa shape index (κ3) is 2.38. The van der Waals surface area contributed by atoms with Crippen molar-refractivity contribution < 1.29 is 5.11 Å². The lowest BCUT2D eigenvalue weighted by Crippen LogP contribution is -2.37. The van der Waals surface area contributed by atoms with Gasteiger partial charge in [-0.1, -0.05) is 6.92 Å². The third-order valence-corrected chi connectivity index (χ3v) is 3.39. The van der Waals surface area contributed by atoms with Crippen LogP contribution in [0.25, 0.3) is 0 Å². The van der Waals surface area contributed by atoms with E-state index in [4.69, 9.17) is 0 Å². The number of rotatable bonds is 4. The van der Waals surface area contributed by atoms with Gasteiger partial charge in [0.15, 0.2) is 0 Å². The molecule has 15 heavy (non-hydrogen) atoms. The second-order valence-electron chi connectivity index (χ2n) is 4.35. The fourth-order valence-electron chi connectivity index (χ4n) is 2.32. The van der Waals surface area contributed by atoms with E-state index in [1.165, 1.54) is 6.42 Å².